The van der Waals surface area contributed by atoms with Gasteiger partial charge in [0.1, 0.15) is 6.20 Å². The van der Waals surface area contributed by atoms with E-state index in [0.29, 0.717) is 5.82 Å². The molecule has 2 rings (SSSR count). The van der Waals surface area contributed by atoms with Crippen molar-refractivity contribution in [1.82, 2.24) is 0 Å². The van der Waals surface area contributed by atoms with Gasteiger partial charge in [0.2, 0.25) is 0 Å². The summed E-state index contributed by atoms with van der Waals surface area (Å²) in [6.45, 7) is 0. The van der Waals surface area contributed by atoms with E-state index in [4.69, 9.17) is 11.6 Å². The van der Waals surface area contributed by atoms with Crippen molar-refractivity contribution < 1.29 is 4.68 Å². The van der Waals surface area contributed by atoms with Crippen LogP contribution < -0.4 is 16.3 Å². The first-order chi connectivity index (χ1) is 5.79. The number of aromatic nitrogens is 1. The van der Waals surface area contributed by atoms with Gasteiger partial charge in [-0.2, -0.15) is 0 Å². The number of hydrogen-bond acceptors (Lipinski definition) is 2. The van der Waals surface area contributed by atoms with E-state index < -0.39 is 0 Å². The van der Waals surface area contributed by atoms with Crippen molar-refractivity contribution in [3.05, 3.63) is 36.5 Å². The molecule has 0 aliphatic heterocycles. The Morgan fingerprint density at radius 3 is 2.67 bits per heavy atom. The minimum atomic E-state index is 0.591. The molecule has 0 aliphatic carbocycles. The molecule has 12 heavy (non-hydrogen) atoms. The Kier molecular flexibility index (Phi) is 1.37. The molecule has 0 bridgehead atoms. The second-order valence-electron chi connectivity index (χ2n) is 2.70. The molecule has 3 nitrogen and oxygen atoms in total. The Morgan fingerprint density at radius 1 is 1.08 bits per heavy atom. The summed E-state index contributed by atoms with van der Waals surface area (Å²) in [7, 11) is 0. The largest absolute Gasteiger partial charge is 0.303 e. The highest BCUT2D eigenvalue weighted by Crippen LogP contribution is 2.15. The molecule has 0 aliphatic rings. The summed E-state index contributed by atoms with van der Waals surface area (Å²) in [6, 6.07) is 9.81. The molecule has 0 saturated carbocycles. The molecule has 0 saturated heterocycles. The number of nitrogens with two attached hydrogens (primary N) is 2. The maximum atomic E-state index is 5.76. The predicted octanol–water partition coefficient (Wildman–Crippen LogP) is 0.423. The molecule has 0 fully saturated rings. The lowest BCUT2D eigenvalue weighted by molar-refractivity contribution is -0.622. The SMILES string of the molecule is Nc1c2ccccc2cc[n+]1N. The highest BCUT2D eigenvalue weighted by atomic mass is 15.3. The van der Waals surface area contributed by atoms with Crippen LogP contribution in [0.25, 0.3) is 10.8 Å². The topological polar surface area (TPSA) is 55.9 Å². The van der Waals surface area contributed by atoms with E-state index in [1.807, 2.05) is 30.3 Å². The predicted molar refractivity (Wildman–Crippen MR) is 48.7 cm³/mol. The number of benzene rings is 1. The third kappa shape index (κ3) is 0.871. The quantitative estimate of drug-likeness (QED) is 0.433. The Hall–Kier alpha value is -1.77. The van der Waals surface area contributed by atoms with Crippen molar-refractivity contribution in [2.45, 2.75) is 0 Å². The van der Waals surface area contributed by atoms with E-state index in [1.165, 1.54) is 4.68 Å². The van der Waals surface area contributed by atoms with Gasteiger partial charge in [0.05, 0.1) is 5.39 Å². The smallest absolute Gasteiger partial charge is 0.285 e. The Labute approximate surface area is 70.2 Å². The summed E-state index contributed by atoms with van der Waals surface area (Å²) in [4.78, 5) is 0. The van der Waals surface area contributed by atoms with Crippen molar-refractivity contribution in [2.24, 2.45) is 0 Å². The lowest BCUT2D eigenvalue weighted by atomic mass is 10.2. The zero-order valence-electron chi connectivity index (χ0n) is 6.57. The summed E-state index contributed by atoms with van der Waals surface area (Å²) in [5, 5.41) is 2.10. The molecule has 0 unspecified atom stereocenters. The van der Waals surface area contributed by atoms with Crippen LogP contribution in [0.4, 0.5) is 5.82 Å². The summed E-state index contributed by atoms with van der Waals surface area (Å²) in [5.74, 6) is 6.17. The Bertz CT molecular complexity index is 423. The van der Waals surface area contributed by atoms with Crippen LogP contribution in [0.2, 0.25) is 0 Å². The third-order valence-corrected chi connectivity index (χ3v) is 1.93. The minimum absolute atomic E-state index is 0.591. The van der Waals surface area contributed by atoms with E-state index in [9.17, 15) is 0 Å². The lowest BCUT2D eigenvalue weighted by Crippen LogP contribution is -2.46. The lowest BCUT2D eigenvalue weighted by Gasteiger charge is -1.98. The second kappa shape index (κ2) is 2.37. The summed E-state index contributed by atoms with van der Waals surface area (Å²) in [5.41, 5.74) is 5.76. The number of nitrogen functional groups attached to an aromatic ring is 2. The monoisotopic (exact) mass is 160 g/mol. The van der Waals surface area contributed by atoms with Crippen LogP contribution in [-0.4, -0.2) is 0 Å². The Morgan fingerprint density at radius 2 is 1.83 bits per heavy atom. The van der Waals surface area contributed by atoms with Crippen LogP contribution in [0, 0.1) is 0 Å². The van der Waals surface area contributed by atoms with Crippen LogP contribution in [0.5, 0.6) is 0 Å². The second-order valence-corrected chi connectivity index (χ2v) is 2.70. The molecule has 4 N–H and O–H groups in total. The number of pyridine rings is 1. The normalized spacial score (nSPS) is 10.3. The zero-order valence-corrected chi connectivity index (χ0v) is 6.57. The van der Waals surface area contributed by atoms with E-state index in [-0.39, 0.29) is 0 Å². The molecular weight excluding hydrogens is 150 g/mol. The van der Waals surface area contributed by atoms with Crippen molar-refractivity contribution in [1.29, 1.82) is 0 Å². The van der Waals surface area contributed by atoms with Crippen molar-refractivity contribution in [3.63, 3.8) is 0 Å². The first kappa shape index (κ1) is 6.91. The van der Waals surface area contributed by atoms with Crippen LogP contribution in [0.1, 0.15) is 0 Å². The van der Waals surface area contributed by atoms with Gasteiger partial charge in [0, 0.05) is 0 Å². The molecule has 0 amide bonds. The van der Waals surface area contributed by atoms with Crippen LogP contribution in [0.3, 0.4) is 0 Å². The maximum absolute atomic E-state index is 5.76. The number of fused-ring (bicyclic) bond motifs is 1. The highest BCUT2D eigenvalue weighted by Gasteiger charge is 2.05. The van der Waals surface area contributed by atoms with Gasteiger partial charge < -0.3 is 0 Å². The van der Waals surface area contributed by atoms with Crippen molar-refractivity contribution in [3.8, 4) is 0 Å². The number of nitrogens with zero attached hydrogens (tertiary/aromatic N) is 1. The molecule has 0 spiro atoms. The van der Waals surface area contributed by atoms with Crippen LogP contribution in [-0.2, 0) is 0 Å². The summed E-state index contributed by atoms with van der Waals surface area (Å²) >= 11 is 0. The molecule has 1 aromatic heterocycles. The molecular formula is C9H10N3+. The number of anilines is 1. The van der Waals surface area contributed by atoms with Gasteiger partial charge in [-0.3, -0.25) is 11.6 Å². The van der Waals surface area contributed by atoms with Gasteiger partial charge in [-0.05, 0) is 17.5 Å². The van der Waals surface area contributed by atoms with Gasteiger partial charge in [-0.25, -0.2) is 0 Å². The molecule has 0 atom stereocenters. The van der Waals surface area contributed by atoms with E-state index in [0.717, 1.165) is 10.8 Å². The fourth-order valence-electron chi connectivity index (χ4n) is 1.26. The van der Waals surface area contributed by atoms with Gasteiger partial charge >= 0.3 is 5.82 Å². The fraction of sp³-hybridized carbons (Fsp3) is 0. The summed E-state index contributed by atoms with van der Waals surface area (Å²) < 4.78 is 1.42. The first-order valence-corrected chi connectivity index (χ1v) is 3.73. The summed E-state index contributed by atoms with van der Waals surface area (Å²) in [6.07, 6.45) is 1.75. The Balaban J connectivity index is 2.91. The van der Waals surface area contributed by atoms with E-state index in [2.05, 4.69) is 0 Å². The highest BCUT2D eigenvalue weighted by molar-refractivity contribution is 5.89. The van der Waals surface area contributed by atoms with Gasteiger partial charge in [0.15, 0.2) is 0 Å². The average Bonchev–Trinajstić information content (AvgIpc) is 2.12. The van der Waals surface area contributed by atoms with E-state index in [1.54, 1.807) is 6.20 Å². The first-order valence-electron chi connectivity index (χ1n) is 3.73. The van der Waals surface area contributed by atoms with Gasteiger partial charge in [0.25, 0.3) is 0 Å². The maximum Gasteiger partial charge on any atom is 0.303 e. The number of hydrogen-bond donors (Lipinski definition) is 2. The van der Waals surface area contributed by atoms with Crippen LogP contribution >= 0.6 is 0 Å². The molecule has 60 valence electrons. The standard InChI is InChI=1S/C9H9N3/c10-9-8-4-2-1-3-7(8)5-6-12(9)11/h1-6,10H,11H2/p+1. The van der Waals surface area contributed by atoms with Crippen molar-refractivity contribution >= 4 is 16.6 Å². The molecule has 3 heteroatoms. The van der Waals surface area contributed by atoms with Gasteiger partial charge in [-0.15, -0.1) is 4.68 Å². The van der Waals surface area contributed by atoms with E-state index >= 15 is 0 Å². The van der Waals surface area contributed by atoms with Gasteiger partial charge in [-0.1, -0.05) is 18.2 Å². The zero-order chi connectivity index (χ0) is 8.55. The average molecular weight is 160 g/mol. The van der Waals surface area contributed by atoms with Crippen molar-refractivity contribution in [2.75, 3.05) is 11.6 Å². The molecule has 1 heterocycles. The van der Waals surface area contributed by atoms with Crippen LogP contribution in [0.15, 0.2) is 36.5 Å². The molecule has 0 radical (unpaired) electrons. The molecule has 1 aromatic carbocycles. The minimum Gasteiger partial charge on any atom is -0.285 e. The fourth-order valence-corrected chi connectivity index (χ4v) is 1.26. The molecule has 2 aromatic rings. The third-order valence-electron chi connectivity index (χ3n) is 1.93. The number of rotatable bonds is 0.